The molecule has 2 heterocycles. The zero-order valence-corrected chi connectivity index (χ0v) is 20.6. The van der Waals surface area contributed by atoms with Crippen LogP contribution in [0.15, 0.2) is 83.3 Å². The average molecular weight is 496 g/mol. The summed E-state index contributed by atoms with van der Waals surface area (Å²) in [5, 5.41) is 8.34. The lowest BCUT2D eigenvalue weighted by molar-refractivity contribution is 0.0518. The number of nitrogens with zero attached hydrogens (tertiary/aromatic N) is 2. The molecular weight excluding hydrogens is 470 g/mol. The molecule has 1 amide bonds. The van der Waals surface area contributed by atoms with Gasteiger partial charge < -0.3 is 19.2 Å². The summed E-state index contributed by atoms with van der Waals surface area (Å²) in [6.07, 6.45) is 0. The third-order valence-electron chi connectivity index (χ3n) is 5.97. The first-order valence-electron chi connectivity index (χ1n) is 11.8. The zero-order valence-electron chi connectivity index (χ0n) is 20.6. The number of methoxy groups -OCH3 is 1. The van der Waals surface area contributed by atoms with Gasteiger partial charge in [-0.1, -0.05) is 42.5 Å². The fraction of sp³-hybridized carbons (Fsp3) is 0.138. The van der Waals surface area contributed by atoms with Crippen LogP contribution < -0.4 is 10.1 Å². The van der Waals surface area contributed by atoms with E-state index in [1.165, 1.54) is 0 Å². The molecule has 0 saturated heterocycles. The lowest BCUT2D eigenvalue weighted by Gasteiger charge is -2.12. The number of aryl methyl sites for hydroxylation is 1. The second kappa shape index (κ2) is 10.0. The van der Waals surface area contributed by atoms with E-state index < -0.39 is 5.97 Å². The maximum Gasteiger partial charge on any atom is 0.358 e. The molecule has 5 aromatic rings. The number of hydrogen-bond donors (Lipinski definition) is 1. The maximum atomic E-state index is 13.1. The highest BCUT2D eigenvalue weighted by Crippen LogP contribution is 2.31. The Morgan fingerprint density at radius 1 is 1.00 bits per heavy atom. The van der Waals surface area contributed by atoms with E-state index in [0.717, 1.165) is 16.5 Å². The minimum atomic E-state index is -0.526. The molecule has 0 saturated carbocycles. The number of ether oxygens (including phenoxy) is 2. The predicted molar refractivity (Wildman–Crippen MR) is 140 cm³/mol. The second-order valence-electron chi connectivity index (χ2n) is 8.31. The smallest absolute Gasteiger partial charge is 0.358 e. The Balaban J connectivity index is 1.53. The molecule has 0 atom stereocenters. The molecule has 1 N–H and O–H groups in total. The molecule has 186 valence electrons. The zero-order chi connectivity index (χ0) is 25.9. The number of esters is 1. The van der Waals surface area contributed by atoms with E-state index >= 15 is 0 Å². The van der Waals surface area contributed by atoms with Crippen LogP contribution in [-0.4, -0.2) is 35.4 Å². The summed E-state index contributed by atoms with van der Waals surface area (Å²) in [6.45, 7) is 3.84. The summed E-state index contributed by atoms with van der Waals surface area (Å²) >= 11 is 0. The number of amides is 1. The molecule has 0 spiro atoms. The van der Waals surface area contributed by atoms with Crippen molar-refractivity contribution in [2.45, 2.75) is 13.8 Å². The molecule has 0 bridgehead atoms. The van der Waals surface area contributed by atoms with E-state index in [9.17, 15) is 9.59 Å². The number of hydrogen-bond acceptors (Lipinski definition) is 6. The minimum Gasteiger partial charge on any atom is -0.494 e. The van der Waals surface area contributed by atoms with Gasteiger partial charge in [-0.05, 0) is 50.2 Å². The summed E-state index contributed by atoms with van der Waals surface area (Å²) in [5.41, 5.74) is 4.17. The molecule has 8 heteroatoms. The number of aromatic nitrogens is 2. The quantitative estimate of drug-likeness (QED) is 0.277. The molecule has 0 fully saturated rings. The maximum absolute atomic E-state index is 13.1. The molecule has 0 aliphatic heterocycles. The number of anilines is 1. The van der Waals surface area contributed by atoms with Gasteiger partial charge in [-0.3, -0.25) is 4.79 Å². The molecule has 0 aliphatic carbocycles. The van der Waals surface area contributed by atoms with Crippen LogP contribution in [0.4, 0.5) is 5.69 Å². The number of nitrogens with one attached hydrogen (secondary N) is 1. The predicted octanol–water partition coefficient (Wildman–Crippen LogP) is 6.03. The van der Waals surface area contributed by atoms with E-state index in [1.54, 1.807) is 30.8 Å². The Hall–Kier alpha value is -4.85. The topological polar surface area (TPSA) is 95.6 Å². The molecule has 3 aromatic carbocycles. The number of carbonyl (C=O) groups excluding carboxylic acids is 2. The number of furan rings is 1. The normalized spacial score (nSPS) is 10.9. The van der Waals surface area contributed by atoms with Crippen LogP contribution in [0.5, 0.6) is 5.75 Å². The van der Waals surface area contributed by atoms with Crippen molar-refractivity contribution in [3.63, 3.8) is 0 Å². The molecule has 37 heavy (non-hydrogen) atoms. The summed E-state index contributed by atoms with van der Waals surface area (Å²) < 4.78 is 18.1. The molecule has 0 radical (unpaired) electrons. The largest absolute Gasteiger partial charge is 0.494 e. The number of carbonyl (C=O) groups is 2. The Morgan fingerprint density at radius 3 is 2.57 bits per heavy atom. The number of benzene rings is 3. The van der Waals surface area contributed by atoms with Crippen LogP contribution in [0.3, 0.4) is 0 Å². The standard InChI is InChI=1S/C29H25N3O5/c1-4-36-29(34)22-17-24(32(31-22)23-13-6-8-15-26(23)35-3)19-10-9-11-20(16-19)30-28(33)27-18(2)21-12-5-7-14-25(21)37-27/h5-17H,4H2,1-3H3,(H,30,33). The van der Waals surface area contributed by atoms with Crippen LogP contribution in [-0.2, 0) is 4.74 Å². The van der Waals surface area contributed by atoms with Gasteiger partial charge in [0.15, 0.2) is 11.5 Å². The highest BCUT2D eigenvalue weighted by molar-refractivity contribution is 6.06. The molecule has 0 aliphatic rings. The Bertz CT molecular complexity index is 1620. The number of fused-ring (bicyclic) bond motifs is 1. The van der Waals surface area contributed by atoms with Gasteiger partial charge >= 0.3 is 5.97 Å². The molecule has 0 unspecified atom stereocenters. The Morgan fingerprint density at radius 2 is 1.78 bits per heavy atom. The van der Waals surface area contributed by atoms with Crippen LogP contribution in [0.25, 0.3) is 27.9 Å². The van der Waals surface area contributed by atoms with Gasteiger partial charge in [0, 0.05) is 22.2 Å². The Labute approximate surface area is 213 Å². The third-order valence-corrected chi connectivity index (χ3v) is 5.97. The van der Waals surface area contributed by atoms with Gasteiger partial charge in [-0.15, -0.1) is 0 Å². The lowest BCUT2D eigenvalue weighted by Crippen LogP contribution is -2.12. The van der Waals surface area contributed by atoms with E-state index in [4.69, 9.17) is 13.9 Å². The van der Waals surface area contributed by atoms with Gasteiger partial charge in [-0.25, -0.2) is 9.48 Å². The summed E-state index contributed by atoms with van der Waals surface area (Å²) in [5.74, 6) is -0.0270. The monoisotopic (exact) mass is 495 g/mol. The third kappa shape index (κ3) is 4.56. The first-order valence-corrected chi connectivity index (χ1v) is 11.8. The second-order valence-corrected chi connectivity index (χ2v) is 8.31. The van der Waals surface area contributed by atoms with Gasteiger partial charge in [0.2, 0.25) is 0 Å². The summed E-state index contributed by atoms with van der Waals surface area (Å²) in [4.78, 5) is 25.6. The van der Waals surface area contributed by atoms with E-state index in [-0.39, 0.29) is 24.0 Å². The van der Waals surface area contributed by atoms with Crippen molar-refractivity contribution in [3.8, 4) is 22.7 Å². The number of rotatable bonds is 7. The highest BCUT2D eigenvalue weighted by atomic mass is 16.5. The van der Waals surface area contributed by atoms with Crippen molar-refractivity contribution in [1.29, 1.82) is 0 Å². The summed E-state index contributed by atoms with van der Waals surface area (Å²) in [7, 11) is 1.57. The average Bonchev–Trinajstić information content (AvgIpc) is 3.51. The fourth-order valence-corrected chi connectivity index (χ4v) is 4.21. The van der Waals surface area contributed by atoms with Crippen LogP contribution >= 0.6 is 0 Å². The molecular formula is C29H25N3O5. The van der Waals surface area contributed by atoms with Crippen molar-refractivity contribution in [1.82, 2.24) is 9.78 Å². The van der Waals surface area contributed by atoms with E-state index in [0.29, 0.717) is 28.4 Å². The van der Waals surface area contributed by atoms with Crippen LogP contribution in [0.2, 0.25) is 0 Å². The van der Waals surface area contributed by atoms with Crippen LogP contribution in [0.1, 0.15) is 33.5 Å². The van der Waals surface area contributed by atoms with Crippen molar-refractivity contribution in [3.05, 3.63) is 95.9 Å². The van der Waals surface area contributed by atoms with Gasteiger partial charge in [0.25, 0.3) is 5.91 Å². The molecule has 8 nitrogen and oxygen atoms in total. The van der Waals surface area contributed by atoms with Crippen molar-refractivity contribution < 1.29 is 23.5 Å². The molecule has 2 aromatic heterocycles. The Kier molecular flexibility index (Phi) is 6.47. The van der Waals surface area contributed by atoms with Crippen LogP contribution in [0, 0.1) is 6.92 Å². The number of para-hydroxylation sites is 3. The fourth-order valence-electron chi connectivity index (χ4n) is 4.21. The van der Waals surface area contributed by atoms with Crippen molar-refractivity contribution >= 4 is 28.5 Å². The SMILES string of the molecule is CCOC(=O)c1cc(-c2cccc(NC(=O)c3oc4ccccc4c3C)c2)n(-c2ccccc2OC)n1. The van der Waals surface area contributed by atoms with Crippen molar-refractivity contribution in [2.75, 3.05) is 19.0 Å². The highest BCUT2D eigenvalue weighted by Gasteiger charge is 2.21. The lowest BCUT2D eigenvalue weighted by atomic mass is 10.1. The first kappa shape index (κ1) is 23.9. The first-order chi connectivity index (χ1) is 18.0. The van der Waals surface area contributed by atoms with Crippen molar-refractivity contribution in [2.24, 2.45) is 0 Å². The van der Waals surface area contributed by atoms with Gasteiger partial charge in [0.05, 0.1) is 19.4 Å². The van der Waals surface area contributed by atoms with Gasteiger partial charge in [0.1, 0.15) is 17.0 Å². The minimum absolute atomic E-state index is 0.162. The van der Waals surface area contributed by atoms with Gasteiger partial charge in [-0.2, -0.15) is 5.10 Å². The summed E-state index contributed by atoms with van der Waals surface area (Å²) in [6, 6.07) is 23.9. The van der Waals surface area contributed by atoms with E-state index in [1.807, 2.05) is 73.7 Å². The molecule has 5 rings (SSSR count). The van der Waals surface area contributed by atoms with E-state index in [2.05, 4.69) is 10.4 Å².